The quantitative estimate of drug-likeness (QED) is 0.711. The van der Waals surface area contributed by atoms with Crippen LogP contribution in [0.1, 0.15) is 19.1 Å². The first-order valence-electron chi connectivity index (χ1n) is 6.14. The fourth-order valence-electron chi connectivity index (χ4n) is 2.28. The Kier molecular flexibility index (Phi) is 2.96. The number of nitrogens with one attached hydrogen (secondary N) is 2. The van der Waals surface area contributed by atoms with Crippen LogP contribution in [0.5, 0.6) is 0 Å². The molecule has 3 rings (SSSR count). The molecule has 1 aliphatic rings. The van der Waals surface area contributed by atoms with Crippen molar-refractivity contribution < 1.29 is 9.84 Å². The number of aliphatic hydroxyl groups is 1. The van der Waals surface area contributed by atoms with Gasteiger partial charge in [0.05, 0.1) is 19.0 Å². The van der Waals surface area contributed by atoms with E-state index in [1.54, 1.807) is 17.9 Å². The van der Waals surface area contributed by atoms with Crippen molar-refractivity contribution in [3.05, 3.63) is 16.7 Å². The van der Waals surface area contributed by atoms with Crippen LogP contribution in [0.2, 0.25) is 0 Å². The van der Waals surface area contributed by atoms with Gasteiger partial charge in [0.2, 0.25) is 5.95 Å². The van der Waals surface area contributed by atoms with Gasteiger partial charge in [-0.2, -0.15) is 4.98 Å². The number of ether oxygens (including phenoxy) is 1. The van der Waals surface area contributed by atoms with Crippen LogP contribution >= 0.6 is 0 Å². The van der Waals surface area contributed by atoms with E-state index in [-0.39, 0.29) is 30.0 Å². The van der Waals surface area contributed by atoms with E-state index in [2.05, 4.69) is 20.3 Å². The van der Waals surface area contributed by atoms with Gasteiger partial charge in [-0.15, -0.1) is 0 Å². The molecule has 2 aromatic rings. The van der Waals surface area contributed by atoms with Gasteiger partial charge in [-0.1, -0.05) is 0 Å². The monoisotopic (exact) mass is 265 g/mol. The van der Waals surface area contributed by atoms with Crippen LogP contribution in [0.4, 0.5) is 5.95 Å². The molecule has 0 bridgehead atoms. The van der Waals surface area contributed by atoms with E-state index in [1.807, 2.05) is 0 Å². The molecule has 2 atom stereocenters. The number of hydrogen-bond acceptors (Lipinski definition) is 6. The normalized spacial score (nSPS) is 23.1. The largest absolute Gasteiger partial charge is 0.394 e. The summed E-state index contributed by atoms with van der Waals surface area (Å²) in [7, 11) is 1.68. The molecule has 0 aliphatic carbocycles. The van der Waals surface area contributed by atoms with Crippen LogP contribution in [0.3, 0.4) is 0 Å². The van der Waals surface area contributed by atoms with Crippen LogP contribution in [0.25, 0.3) is 11.2 Å². The van der Waals surface area contributed by atoms with Gasteiger partial charge in [0.15, 0.2) is 11.2 Å². The van der Waals surface area contributed by atoms with Crippen molar-refractivity contribution in [2.75, 3.05) is 19.0 Å². The maximum absolute atomic E-state index is 11.8. The lowest BCUT2D eigenvalue weighted by molar-refractivity contribution is -0.0207. The van der Waals surface area contributed by atoms with Crippen molar-refractivity contribution in [3.8, 4) is 0 Å². The first-order chi connectivity index (χ1) is 9.22. The average Bonchev–Trinajstić information content (AvgIpc) is 3.04. The molecule has 0 amide bonds. The van der Waals surface area contributed by atoms with E-state index in [1.165, 1.54) is 0 Å². The molecular weight excluding hydrogens is 250 g/mol. The fraction of sp³-hybridized carbons (Fsp3) is 0.545. The minimum Gasteiger partial charge on any atom is -0.394 e. The summed E-state index contributed by atoms with van der Waals surface area (Å²) in [5.74, 6) is 0.385. The van der Waals surface area contributed by atoms with Gasteiger partial charge in [0, 0.05) is 7.05 Å². The van der Waals surface area contributed by atoms with Crippen molar-refractivity contribution in [1.29, 1.82) is 0 Å². The fourth-order valence-corrected chi connectivity index (χ4v) is 2.28. The Balaban J connectivity index is 2.05. The zero-order valence-electron chi connectivity index (χ0n) is 10.5. The summed E-state index contributed by atoms with van der Waals surface area (Å²) in [6.07, 6.45) is 2.70. The van der Waals surface area contributed by atoms with Crippen LogP contribution in [-0.2, 0) is 4.74 Å². The van der Waals surface area contributed by atoms with Crippen molar-refractivity contribution in [2.24, 2.45) is 0 Å². The lowest BCUT2D eigenvalue weighted by atomic mass is 10.2. The first-order valence-corrected chi connectivity index (χ1v) is 6.14. The lowest BCUT2D eigenvalue weighted by Gasteiger charge is -2.13. The van der Waals surface area contributed by atoms with Crippen molar-refractivity contribution >= 4 is 17.1 Å². The molecule has 102 valence electrons. The van der Waals surface area contributed by atoms with E-state index in [4.69, 9.17) is 9.84 Å². The van der Waals surface area contributed by atoms with E-state index in [0.29, 0.717) is 11.6 Å². The summed E-state index contributed by atoms with van der Waals surface area (Å²) in [5.41, 5.74) is 0.483. The summed E-state index contributed by atoms with van der Waals surface area (Å²) >= 11 is 0. The third-order valence-electron chi connectivity index (χ3n) is 3.27. The van der Waals surface area contributed by atoms with Crippen LogP contribution in [0, 0.1) is 0 Å². The highest BCUT2D eigenvalue weighted by Crippen LogP contribution is 2.29. The number of imidazole rings is 1. The third-order valence-corrected chi connectivity index (χ3v) is 3.27. The molecule has 1 aliphatic heterocycles. The number of H-pyrrole nitrogens is 1. The Morgan fingerprint density at radius 1 is 1.63 bits per heavy atom. The van der Waals surface area contributed by atoms with E-state index >= 15 is 0 Å². The standard InChI is InChI=1S/C11H15N5O3/c1-12-11-14-9-8(10(18)15-11)13-5-16(9)7-3-2-6(4-17)19-7/h5-7,17H,2-4H2,1H3,(H2,12,14,15,18)/t6-,7+/m0/s1. The van der Waals surface area contributed by atoms with Gasteiger partial charge < -0.3 is 15.2 Å². The molecular formula is C11H15N5O3. The summed E-state index contributed by atoms with van der Waals surface area (Å²) in [4.78, 5) is 22.8. The molecule has 2 aromatic heterocycles. The predicted octanol–water partition coefficient (Wildman–Crippen LogP) is -0.169. The Bertz CT molecular complexity index is 649. The molecule has 8 nitrogen and oxygen atoms in total. The molecule has 0 unspecified atom stereocenters. The molecule has 8 heteroatoms. The lowest BCUT2D eigenvalue weighted by Crippen LogP contribution is -2.16. The number of fused-ring (bicyclic) bond motifs is 1. The minimum absolute atomic E-state index is 0.00108. The SMILES string of the molecule is CNc1nc2c(ncn2[C@H]2CC[C@@H](CO)O2)c(=O)[nH]1. The maximum Gasteiger partial charge on any atom is 0.280 e. The van der Waals surface area contributed by atoms with Crippen molar-refractivity contribution in [3.63, 3.8) is 0 Å². The summed E-state index contributed by atoms with van der Waals surface area (Å²) in [5, 5.41) is 11.9. The highest BCUT2D eigenvalue weighted by molar-refractivity contribution is 5.70. The highest BCUT2D eigenvalue weighted by Gasteiger charge is 2.27. The second-order valence-electron chi connectivity index (χ2n) is 4.46. The number of anilines is 1. The van der Waals surface area contributed by atoms with Gasteiger partial charge >= 0.3 is 0 Å². The van der Waals surface area contributed by atoms with Crippen LogP contribution < -0.4 is 10.9 Å². The van der Waals surface area contributed by atoms with Gasteiger partial charge in [0.25, 0.3) is 5.56 Å². The first kappa shape index (κ1) is 12.1. The Labute approximate surface area is 108 Å². The molecule has 0 aromatic carbocycles. The second kappa shape index (κ2) is 4.63. The molecule has 1 fully saturated rings. The average molecular weight is 265 g/mol. The summed E-state index contributed by atoms with van der Waals surface area (Å²) in [6.45, 7) is -0.00108. The van der Waals surface area contributed by atoms with E-state index in [0.717, 1.165) is 12.8 Å². The number of aliphatic hydroxyl groups excluding tert-OH is 1. The van der Waals surface area contributed by atoms with Gasteiger partial charge in [-0.05, 0) is 12.8 Å². The predicted molar refractivity (Wildman–Crippen MR) is 67.9 cm³/mol. The number of hydrogen-bond donors (Lipinski definition) is 3. The van der Waals surface area contributed by atoms with E-state index < -0.39 is 0 Å². The molecule has 1 saturated heterocycles. The highest BCUT2D eigenvalue weighted by atomic mass is 16.5. The zero-order chi connectivity index (χ0) is 13.4. The second-order valence-corrected chi connectivity index (χ2v) is 4.46. The molecule has 0 saturated carbocycles. The van der Waals surface area contributed by atoms with Crippen molar-refractivity contribution in [1.82, 2.24) is 19.5 Å². The molecule has 3 heterocycles. The Morgan fingerprint density at radius 3 is 3.16 bits per heavy atom. The maximum atomic E-state index is 11.8. The van der Waals surface area contributed by atoms with Gasteiger partial charge in [-0.25, -0.2) is 4.98 Å². The van der Waals surface area contributed by atoms with Gasteiger partial charge in [-0.3, -0.25) is 14.3 Å². The number of nitrogens with zero attached hydrogens (tertiary/aromatic N) is 3. The molecule has 0 radical (unpaired) electrons. The zero-order valence-corrected chi connectivity index (χ0v) is 10.5. The van der Waals surface area contributed by atoms with Crippen LogP contribution in [-0.4, -0.2) is 44.4 Å². The Morgan fingerprint density at radius 2 is 2.47 bits per heavy atom. The number of aromatic nitrogens is 4. The summed E-state index contributed by atoms with van der Waals surface area (Å²) in [6, 6.07) is 0. The van der Waals surface area contributed by atoms with E-state index in [9.17, 15) is 4.79 Å². The topological polar surface area (TPSA) is 105 Å². The summed E-state index contributed by atoms with van der Waals surface area (Å²) < 4.78 is 7.41. The number of aromatic amines is 1. The van der Waals surface area contributed by atoms with Crippen LogP contribution in [0.15, 0.2) is 11.1 Å². The van der Waals surface area contributed by atoms with Gasteiger partial charge in [0.1, 0.15) is 6.23 Å². The third kappa shape index (κ3) is 1.98. The number of rotatable bonds is 3. The van der Waals surface area contributed by atoms with Crippen molar-refractivity contribution in [2.45, 2.75) is 25.2 Å². The molecule has 0 spiro atoms. The smallest absolute Gasteiger partial charge is 0.280 e. The molecule has 19 heavy (non-hydrogen) atoms. The minimum atomic E-state index is -0.287. The molecule has 3 N–H and O–H groups in total. The Hall–Kier alpha value is -1.93.